The van der Waals surface area contributed by atoms with Crippen LogP contribution in [-0.4, -0.2) is 116 Å². The molecule has 1 heterocycles. The van der Waals surface area contributed by atoms with E-state index in [0.717, 1.165) is 13.0 Å². The van der Waals surface area contributed by atoms with Crippen LogP contribution in [0.2, 0.25) is 0 Å². The summed E-state index contributed by atoms with van der Waals surface area (Å²) < 4.78 is 50.5. The molecule has 45 heavy (non-hydrogen) atoms. The molecule has 0 saturated heterocycles. The summed E-state index contributed by atoms with van der Waals surface area (Å²) in [6.45, 7) is 6.44. The standard InChI is InChI=1S/C32H51F3N4O6/c1-22-19-39(23(2)21-40)31(43)26-18-25(36-29(41)11-9-16-37(4)5)12-13-27(26)45-24(3)10-7-8-17-44-28(22)20-38(6)30(42)14-15-32(33,34)35/h12-13,18,22-24,28,40H,7-11,14-17,19-21H2,1-6H3,(H,36,41)/t22-,23-,24-,28+/m0/s1. The zero-order chi connectivity index (χ0) is 33.7. The number of rotatable bonds is 11. The maximum Gasteiger partial charge on any atom is 0.389 e. The van der Waals surface area contributed by atoms with Crippen LogP contribution in [0, 0.1) is 5.92 Å². The first-order valence-electron chi connectivity index (χ1n) is 15.7. The summed E-state index contributed by atoms with van der Waals surface area (Å²) in [5, 5.41) is 13.0. The SMILES string of the molecule is C[C@H]1CCCCO[C@H](CN(C)C(=O)CCC(F)(F)F)[C@@H](C)CN([C@@H](C)CO)C(=O)c2cc(NC(=O)CCCN(C)C)ccc2O1. The topological polar surface area (TPSA) is 112 Å². The summed E-state index contributed by atoms with van der Waals surface area (Å²) in [6, 6.07) is 4.35. The molecule has 1 aliphatic rings. The molecule has 0 spiro atoms. The quantitative estimate of drug-likeness (QED) is 0.363. The fourth-order valence-corrected chi connectivity index (χ4v) is 5.05. The highest BCUT2D eigenvalue weighted by atomic mass is 19.4. The number of alkyl halides is 3. The zero-order valence-electron chi connectivity index (χ0n) is 27.5. The van der Waals surface area contributed by atoms with Crippen molar-refractivity contribution in [1.29, 1.82) is 0 Å². The van der Waals surface area contributed by atoms with Gasteiger partial charge in [-0.15, -0.1) is 0 Å². The summed E-state index contributed by atoms with van der Waals surface area (Å²) in [4.78, 5) is 44.0. The lowest BCUT2D eigenvalue weighted by Crippen LogP contribution is -2.48. The summed E-state index contributed by atoms with van der Waals surface area (Å²) in [5.74, 6) is -1.23. The van der Waals surface area contributed by atoms with Crippen LogP contribution in [-0.2, 0) is 14.3 Å². The Balaban J connectivity index is 2.37. The van der Waals surface area contributed by atoms with Crippen LogP contribution >= 0.6 is 0 Å². The van der Waals surface area contributed by atoms with Gasteiger partial charge in [0.2, 0.25) is 11.8 Å². The number of anilines is 1. The molecule has 13 heteroatoms. The first kappa shape index (κ1) is 38.3. The van der Waals surface area contributed by atoms with Gasteiger partial charge in [0.15, 0.2) is 0 Å². The van der Waals surface area contributed by atoms with Crippen molar-refractivity contribution >= 4 is 23.4 Å². The van der Waals surface area contributed by atoms with Crippen molar-refractivity contribution in [1.82, 2.24) is 14.7 Å². The first-order chi connectivity index (χ1) is 21.1. The lowest BCUT2D eigenvalue weighted by Gasteiger charge is -2.36. The molecule has 3 amide bonds. The molecular formula is C32H51F3N4O6. The van der Waals surface area contributed by atoms with Gasteiger partial charge in [0.25, 0.3) is 5.91 Å². The van der Waals surface area contributed by atoms with E-state index in [9.17, 15) is 32.7 Å². The van der Waals surface area contributed by atoms with Gasteiger partial charge in [-0.25, -0.2) is 0 Å². The van der Waals surface area contributed by atoms with E-state index < -0.39 is 43.0 Å². The molecule has 0 bridgehead atoms. The Labute approximate surface area is 265 Å². The van der Waals surface area contributed by atoms with Crippen molar-refractivity contribution in [2.75, 3.05) is 59.3 Å². The van der Waals surface area contributed by atoms with Crippen LogP contribution in [0.15, 0.2) is 18.2 Å². The zero-order valence-corrected chi connectivity index (χ0v) is 27.5. The number of carbonyl (C=O) groups excluding carboxylic acids is 3. The average molecular weight is 645 g/mol. The second-order valence-electron chi connectivity index (χ2n) is 12.4. The lowest BCUT2D eigenvalue weighted by atomic mass is 10.0. The fourth-order valence-electron chi connectivity index (χ4n) is 5.05. The third-order valence-corrected chi connectivity index (χ3v) is 7.85. The predicted molar refractivity (Wildman–Crippen MR) is 166 cm³/mol. The van der Waals surface area contributed by atoms with E-state index in [2.05, 4.69) is 5.32 Å². The number of hydrogen-bond donors (Lipinski definition) is 2. The minimum Gasteiger partial charge on any atom is -0.490 e. The number of aliphatic hydroxyl groups is 1. The molecule has 0 aromatic heterocycles. The summed E-state index contributed by atoms with van der Waals surface area (Å²) in [7, 11) is 5.32. The number of hydrogen-bond acceptors (Lipinski definition) is 7. The minimum absolute atomic E-state index is 0.0491. The molecule has 0 aliphatic carbocycles. The number of nitrogens with zero attached hydrogens (tertiary/aromatic N) is 3. The maximum absolute atomic E-state index is 14.2. The molecule has 10 nitrogen and oxygen atoms in total. The smallest absolute Gasteiger partial charge is 0.389 e. The second-order valence-corrected chi connectivity index (χ2v) is 12.4. The molecule has 2 rings (SSSR count). The van der Waals surface area contributed by atoms with E-state index in [1.165, 1.54) is 16.8 Å². The van der Waals surface area contributed by atoms with Gasteiger partial charge in [0, 0.05) is 51.2 Å². The minimum atomic E-state index is -4.43. The van der Waals surface area contributed by atoms with Gasteiger partial charge >= 0.3 is 6.18 Å². The van der Waals surface area contributed by atoms with Crippen LogP contribution in [0.4, 0.5) is 18.9 Å². The molecule has 1 aliphatic heterocycles. The van der Waals surface area contributed by atoms with Gasteiger partial charge < -0.3 is 34.6 Å². The molecule has 0 fully saturated rings. The second kappa shape index (κ2) is 18.3. The number of fused-ring (bicyclic) bond motifs is 1. The molecular weight excluding hydrogens is 593 g/mol. The highest BCUT2D eigenvalue weighted by Gasteiger charge is 2.32. The highest BCUT2D eigenvalue weighted by molar-refractivity contribution is 5.99. The molecule has 0 radical (unpaired) electrons. The Morgan fingerprint density at radius 3 is 2.51 bits per heavy atom. The average Bonchev–Trinajstić information content (AvgIpc) is 2.96. The largest absolute Gasteiger partial charge is 0.490 e. The monoisotopic (exact) mass is 644 g/mol. The fraction of sp³-hybridized carbons (Fsp3) is 0.719. The number of benzene rings is 1. The van der Waals surface area contributed by atoms with E-state index in [4.69, 9.17) is 9.47 Å². The van der Waals surface area contributed by atoms with E-state index in [-0.39, 0.29) is 43.2 Å². The van der Waals surface area contributed by atoms with Crippen LogP contribution in [0.3, 0.4) is 0 Å². The van der Waals surface area contributed by atoms with Gasteiger partial charge in [0.05, 0.1) is 36.8 Å². The number of nitrogens with one attached hydrogen (secondary N) is 1. The molecule has 0 saturated carbocycles. The number of likely N-dealkylation sites (N-methyl/N-ethyl adjacent to an activating group) is 1. The van der Waals surface area contributed by atoms with Gasteiger partial charge in [-0.2, -0.15) is 13.2 Å². The highest BCUT2D eigenvalue weighted by Crippen LogP contribution is 2.29. The van der Waals surface area contributed by atoms with Gasteiger partial charge in [0.1, 0.15) is 5.75 Å². The van der Waals surface area contributed by atoms with Crippen molar-refractivity contribution in [3.05, 3.63) is 23.8 Å². The molecule has 1 aromatic carbocycles. The Morgan fingerprint density at radius 2 is 1.87 bits per heavy atom. The molecule has 4 atom stereocenters. The van der Waals surface area contributed by atoms with E-state index >= 15 is 0 Å². The van der Waals surface area contributed by atoms with Crippen molar-refractivity contribution < 1.29 is 42.1 Å². The van der Waals surface area contributed by atoms with Crippen LogP contribution in [0.5, 0.6) is 5.75 Å². The molecule has 1 aromatic rings. The summed E-state index contributed by atoms with van der Waals surface area (Å²) >= 11 is 0. The maximum atomic E-state index is 14.2. The molecule has 0 unspecified atom stereocenters. The van der Waals surface area contributed by atoms with Crippen molar-refractivity contribution in [3.63, 3.8) is 0 Å². The number of ether oxygens (including phenoxy) is 2. The lowest BCUT2D eigenvalue weighted by molar-refractivity contribution is -0.149. The Hall–Kier alpha value is -2.90. The third-order valence-electron chi connectivity index (χ3n) is 7.85. The molecule has 256 valence electrons. The number of amides is 3. The van der Waals surface area contributed by atoms with Crippen molar-refractivity contribution in [2.45, 2.75) is 90.1 Å². The van der Waals surface area contributed by atoms with Crippen molar-refractivity contribution in [2.24, 2.45) is 5.92 Å². The van der Waals surface area contributed by atoms with Gasteiger partial charge in [-0.3, -0.25) is 14.4 Å². The normalized spacial score (nSPS) is 21.0. The summed E-state index contributed by atoms with van der Waals surface area (Å²) in [5.41, 5.74) is 0.675. The number of halogens is 3. The Bertz CT molecular complexity index is 1100. The molecule has 2 N–H and O–H groups in total. The first-order valence-corrected chi connectivity index (χ1v) is 15.7. The number of carbonyl (C=O) groups is 3. The van der Waals surface area contributed by atoms with Crippen LogP contribution in [0.25, 0.3) is 0 Å². The number of aliphatic hydroxyl groups excluding tert-OH is 1. The van der Waals surface area contributed by atoms with Gasteiger partial charge in [-0.1, -0.05) is 6.92 Å². The van der Waals surface area contributed by atoms with Gasteiger partial charge in [-0.05, 0) is 78.4 Å². The van der Waals surface area contributed by atoms with Crippen molar-refractivity contribution in [3.8, 4) is 5.75 Å². The van der Waals surface area contributed by atoms with E-state index in [1.54, 1.807) is 25.1 Å². The Kier molecular flexibility index (Phi) is 15.6. The van der Waals surface area contributed by atoms with Crippen LogP contribution in [0.1, 0.15) is 76.1 Å². The third kappa shape index (κ3) is 13.5. The Morgan fingerprint density at radius 1 is 1.16 bits per heavy atom. The van der Waals surface area contributed by atoms with E-state index in [0.29, 0.717) is 43.7 Å². The summed E-state index contributed by atoms with van der Waals surface area (Å²) in [6.07, 6.45) is -3.97. The predicted octanol–water partition coefficient (Wildman–Crippen LogP) is 4.56. The van der Waals surface area contributed by atoms with Crippen LogP contribution < -0.4 is 10.1 Å². The van der Waals surface area contributed by atoms with E-state index in [1.807, 2.05) is 32.8 Å².